The fraction of sp³-hybridized carbons (Fsp3) is 0. The third kappa shape index (κ3) is 2.17. The molecule has 100 valence electrons. The van der Waals surface area contributed by atoms with E-state index in [1.165, 1.54) is 0 Å². The SMILES string of the molecule is C(=C\c1cnc2c3cccnc3nn2c1)/c1ccccc1. The summed E-state index contributed by atoms with van der Waals surface area (Å²) < 4.78 is 1.78. The molecule has 0 fully saturated rings. The highest BCUT2D eigenvalue weighted by Gasteiger charge is 2.05. The van der Waals surface area contributed by atoms with E-state index in [0.717, 1.165) is 22.2 Å². The van der Waals surface area contributed by atoms with Crippen molar-refractivity contribution < 1.29 is 0 Å². The summed E-state index contributed by atoms with van der Waals surface area (Å²) in [7, 11) is 0. The van der Waals surface area contributed by atoms with Crippen molar-refractivity contribution in [1.82, 2.24) is 19.6 Å². The lowest BCUT2D eigenvalue weighted by Crippen LogP contribution is -1.90. The first-order valence-electron chi connectivity index (χ1n) is 6.72. The average molecular weight is 272 g/mol. The van der Waals surface area contributed by atoms with Crippen LogP contribution in [0.4, 0.5) is 0 Å². The Morgan fingerprint density at radius 3 is 2.62 bits per heavy atom. The molecule has 4 heteroatoms. The van der Waals surface area contributed by atoms with Gasteiger partial charge in [0.1, 0.15) is 0 Å². The maximum Gasteiger partial charge on any atom is 0.183 e. The summed E-state index contributed by atoms with van der Waals surface area (Å²) in [6.45, 7) is 0. The van der Waals surface area contributed by atoms with Crippen LogP contribution >= 0.6 is 0 Å². The van der Waals surface area contributed by atoms with Crippen LogP contribution < -0.4 is 0 Å². The van der Waals surface area contributed by atoms with E-state index < -0.39 is 0 Å². The van der Waals surface area contributed by atoms with Gasteiger partial charge in [0.25, 0.3) is 0 Å². The molecule has 0 atom stereocenters. The maximum atomic E-state index is 4.49. The molecule has 0 aliphatic heterocycles. The van der Waals surface area contributed by atoms with E-state index in [-0.39, 0.29) is 0 Å². The molecule has 4 rings (SSSR count). The molecule has 0 saturated carbocycles. The predicted molar refractivity (Wildman–Crippen MR) is 83.7 cm³/mol. The lowest BCUT2D eigenvalue weighted by atomic mass is 10.2. The molecule has 1 aromatic carbocycles. The summed E-state index contributed by atoms with van der Waals surface area (Å²) in [4.78, 5) is 8.74. The number of rotatable bonds is 2. The van der Waals surface area contributed by atoms with Gasteiger partial charge in [-0.3, -0.25) is 0 Å². The lowest BCUT2D eigenvalue weighted by molar-refractivity contribution is 0.945. The summed E-state index contributed by atoms with van der Waals surface area (Å²) in [5, 5.41) is 5.41. The van der Waals surface area contributed by atoms with Gasteiger partial charge in [0.2, 0.25) is 0 Å². The molecule has 0 aliphatic carbocycles. The highest BCUT2D eigenvalue weighted by Crippen LogP contribution is 2.16. The van der Waals surface area contributed by atoms with Gasteiger partial charge >= 0.3 is 0 Å². The zero-order chi connectivity index (χ0) is 14.1. The molecule has 0 radical (unpaired) electrons. The highest BCUT2D eigenvalue weighted by molar-refractivity contribution is 5.89. The van der Waals surface area contributed by atoms with Crippen LogP contribution in [0.1, 0.15) is 11.1 Å². The third-order valence-corrected chi connectivity index (χ3v) is 3.32. The molecule has 3 aromatic heterocycles. The molecule has 21 heavy (non-hydrogen) atoms. The molecule has 3 heterocycles. The van der Waals surface area contributed by atoms with Crippen molar-refractivity contribution in [2.75, 3.05) is 0 Å². The quantitative estimate of drug-likeness (QED) is 0.561. The van der Waals surface area contributed by atoms with Gasteiger partial charge in [-0.1, -0.05) is 42.5 Å². The second-order valence-corrected chi connectivity index (χ2v) is 4.77. The predicted octanol–water partition coefficient (Wildman–Crippen LogP) is 3.45. The van der Waals surface area contributed by atoms with Crippen LogP contribution in [0.25, 0.3) is 28.8 Å². The maximum absolute atomic E-state index is 4.49. The molecule has 0 spiro atoms. The Hall–Kier alpha value is -3.01. The number of benzene rings is 1. The van der Waals surface area contributed by atoms with Crippen molar-refractivity contribution in [2.45, 2.75) is 0 Å². The second kappa shape index (κ2) is 4.83. The van der Waals surface area contributed by atoms with Crippen molar-refractivity contribution >= 4 is 28.8 Å². The minimum Gasteiger partial charge on any atom is -0.236 e. The van der Waals surface area contributed by atoms with Gasteiger partial charge in [0, 0.05) is 24.2 Å². The van der Waals surface area contributed by atoms with Crippen molar-refractivity contribution in [3.63, 3.8) is 0 Å². The first kappa shape index (κ1) is 11.8. The first-order chi connectivity index (χ1) is 10.4. The summed E-state index contributed by atoms with van der Waals surface area (Å²) in [5.41, 5.74) is 3.70. The molecule has 0 aliphatic rings. The molecule has 0 saturated heterocycles. The van der Waals surface area contributed by atoms with Gasteiger partial charge in [0.05, 0.1) is 5.39 Å². The normalized spacial score (nSPS) is 11.6. The largest absolute Gasteiger partial charge is 0.236 e. The smallest absolute Gasteiger partial charge is 0.183 e. The molecular weight excluding hydrogens is 260 g/mol. The topological polar surface area (TPSA) is 43.1 Å². The van der Waals surface area contributed by atoms with Crippen molar-refractivity contribution in [2.24, 2.45) is 0 Å². The monoisotopic (exact) mass is 272 g/mol. The Kier molecular flexibility index (Phi) is 2.71. The number of hydrogen-bond donors (Lipinski definition) is 0. The van der Waals surface area contributed by atoms with Gasteiger partial charge < -0.3 is 0 Å². The van der Waals surface area contributed by atoms with Gasteiger partial charge in [-0.05, 0) is 17.7 Å². The number of aromatic nitrogens is 4. The molecular formula is C17H12N4. The van der Waals surface area contributed by atoms with E-state index >= 15 is 0 Å². The Morgan fingerprint density at radius 1 is 0.857 bits per heavy atom. The van der Waals surface area contributed by atoms with E-state index in [9.17, 15) is 0 Å². The fourth-order valence-electron chi connectivity index (χ4n) is 2.30. The van der Waals surface area contributed by atoms with Gasteiger partial charge in [0.15, 0.2) is 11.3 Å². The number of hydrogen-bond acceptors (Lipinski definition) is 3. The van der Waals surface area contributed by atoms with E-state index in [1.807, 2.05) is 48.8 Å². The molecule has 0 unspecified atom stereocenters. The first-order valence-corrected chi connectivity index (χ1v) is 6.72. The van der Waals surface area contributed by atoms with Crippen LogP contribution in [0.5, 0.6) is 0 Å². The van der Waals surface area contributed by atoms with Gasteiger partial charge in [-0.25, -0.2) is 14.5 Å². The van der Waals surface area contributed by atoms with Crippen LogP contribution in [0.15, 0.2) is 61.1 Å². The Labute approximate surface area is 121 Å². The number of pyridine rings is 1. The zero-order valence-electron chi connectivity index (χ0n) is 11.2. The van der Waals surface area contributed by atoms with E-state index in [1.54, 1.807) is 10.7 Å². The second-order valence-electron chi connectivity index (χ2n) is 4.77. The number of fused-ring (bicyclic) bond motifs is 3. The Bertz CT molecular complexity index is 939. The molecule has 4 nitrogen and oxygen atoms in total. The number of nitrogens with zero attached hydrogens (tertiary/aromatic N) is 4. The van der Waals surface area contributed by atoms with Crippen molar-refractivity contribution in [3.05, 3.63) is 72.2 Å². The Balaban J connectivity index is 1.77. The van der Waals surface area contributed by atoms with Gasteiger partial charge in [-0.2, -0.15) is 0 Å². The lowest BCUT2D eigenvalue weighted by Gasteiger charge is -1.96. The third-order valence-electron chi connectivity index (χ3n) is 3.32. The molecule has 4 aromatic rings. The summed E-state index contributed by atoms with van der Waals surface area (Å²) in [6, 6.07) is 14.1. The highest BCUT2D eigenvalue weighted by atomic mass is 15.3. The van der Waals surface area contributed by atoms with E-state index in [2.05, 4.69) is 33.3 Å². The fourth-order valence-corrected chi connectivity index (χ4v) is 2.30. The standard InChI is InChI=1S/C17H12N4/c1-2-5-13(6-3-1)8-9-14-11-19-17-15-7-4-10-18-16(15)20-21(17)12-14/h1-12H/b9-8+. The van der Waals surface area contributed by atoms with Gasteiger partial charge in [-0.15, -0.1) is 5.10 Å². The Morgan fingerprint density at radius 2 is 1.71 bits per heavy atom. The van der Waals surface area contributed by atoms with Crippen LogP contribution in [0.3, 0.4) is 0 Å². The van der Waals surface area contributed by atoms with Crippen LogP contribution in [0, 0.1) is 0 Å². The van der Waals surface area contributed by atoms with Crippen molar-refractivity contribution in [1.29, 1.82) is 0 Å². The van der Waals surface area contributed by atoms with Crippen LogP contribution in [-0.4, -0.2) is 19.6 Å². The molecule has 0 amide bonds. The summed E-state index contributed by atoms with van der Waals surface area (Å²) >= 11 is 0. The summed E-state index contributed by atoms with van der Waals surface area (Å²) in [6.07, 6.45) is 9.64. The summed E-state index contributed by atoms with van der Waals surface area (Å²) in [5.74, 6) is 0. The molecule has 0 bridgehead atoms. The van der Waals surface area contributed by atoms with Crippen LogP contribution in [0.2, 0.25) is 0 Å². The molecule has 0 N–H and O–H groups in total. The zero-order valence-corrected chi connectivity index (χ0v) is 11.2. The van der Waals surface area contributed by atoms with E-state index in [0.29, 0.717) is 5.65 Å². The van der Waals surface area contributed by atoms with E-state index in [4.69, 9.17) is 0 Å². The van der Waals surface area contributed by atoms with Crippen molar-refractivity contribution in [3.8, 4) is 0 Å². The average Bonchev–Trinajstić information content (AvgIpc) is 2.91. The minimum absolute atomic E-state index is 0.717. The van der Waals surface area contributed by atoms with Crippen LogP contribution in [-0.2, 0) is 0 Å². The minimum atomic E-state index is 0.717.